The van der Waals surface area contributed by atoms with Crippen LogP contribution in [0.4, 0.5) is 14.6 Å². The van der Waals surface area contributed by atoms with E-state index in [0.29, 0.717) is 22.9 Å². The second kappa shape index (κ2) is 6.83. The van der Waals surface area contributed by atoms with E-state index in [1.807, 2.05) is 54.6 Å². The molecule has 0 radical (unpaired) electrons. The molecule has 2 aromatic carbocycles. The fourth-order valence-corrected chi connectivity index (χ4v) is 4.19. The molecule has 0 amide bonds. The standard InChI is InChI=1S/C22H17F2N7/c23-19(24)18-10-17(13-6-2-1-3-7-13)27-22-15(11-26-31(18)22)20-28-21-14-8-4-5-9-16(14)25-12-30(21)29-20/h1-9,11-12,17-19,27H,10H2/t17-,18+/m0/s1. The lowest BCUT2D eigenvalue weighted by Crippen LogP contribution is -2.31. The van der Waals surface area contributed by atoms with Crippen LogP contribution < -0.4 is 5.32 Å². The number of fused-ring (bicyclic) bond motifs is 4. The molecular weight excluding hydrogens is 400 g/mol. The zero-order chi connectivity index (χ0) is 20.9. The average molecular weight is 417 g/mol. The Morgan fingerprint density at radius 3 is 2.68 bits per heavy atom. The molecule has 31 heavy (non-hydrogen) atoms. The highest BCUT2D eigenvalue weighted by atomic mass is 19.3. The molecule has 0 saturated heterocycles. The molecule has 2 atom stereocenters. The van der Waals surface area contributed by atoms with Crippen molar-refractivity contribution in [2.75, 3.05) is 5.32 Å². The summed E-state index contributed by atoms with van der Waals surface area (Å²) in [6.45, 7) is 0. The van der Waals surface area contributed by atoms with Gasteiger partial charge < -0.3 is 5.32 Å². The van der Waals surface area contributed by atoms with Gasteiger partial charge >= 0.3 is 0 Å². The second-order valence-electron chi connectivity index (χ2n) is 7.56. The van der Waals surface area contributed by atoms with Gasteiger partial charge in [-0.1, -0.05) is 42.5 Å². The molecule has 9 heteroatoms. The lowest BCUT2D eigenvalue weighted by Gasteiger charge is -2.32. The van der Waals surface area contributed by atoms with Gasteiger partial charge in [-0.2, -0.15) is 5.10 Å². The van der Waals surface area contributed by atoms with E-state index in [0.717, 1.165) is 16.5 Å². The molecule has 0 saturated carbocycles. The summed E-state index contributed by atoms with van der Waals surface area (Å²) in [5.74, 6) is 0.909. The SMILES string of the molecule is FC(F)[C@H]1C[C@@H](c2ccccc2)Nc2c(-c3nc4c5ccccc5ncn4n3)cnn21. The van der Waals surface area contributed by atoms with Crippen LogP contribution in [0.2, 0.25) is 0 Å². The Bertz CT molecular complexity index is 1390. The Labute approximate surface area is 175 Å². The second-order valence-corrected chi connectivity index (χ2v) is 7.56. The summed E-state index contributed by atoms with van der Waals surface area (Å²) in [5, 5.41) is 13.1. The van der Waals surface area contributed by atoms with Crippen LogP contribution in [-0.2, 0) is 0 Å². The number of nitrogens with zero attached hydrogens (tertiary/aromatic N) is 6. The van der Waals surface area contributed by atoms with Gasteiger partial charge in [0, 0.05) is 5.39 Å². The number of hydrogen-bond donors (Lipinski definition) is 1. The van der Waals surface area contributed by atoms with Crippen molar-refractivity contribution in [1.29, 1.82) is 0 Å². The lowest BCUT2D eigenvalue weighted by molar-refractivity contribution is 0.0659. The monoisotopic (exact) mass is 417 g/mol. The van der Waals surface area contributed by atoms with E-state index in [4.69, 9.17) is 4.98 Å². The number of benzene rings is 2. The zero-order valence-electron chi connectivity index (χ0n) is 16.2. The average Bonchev–Trinajstić information content (AvgIpc) is 3.43. The minimum atomic E-state index is -2.54. The number of nitrogens with one attached hydrogen (secondary N) is 1. The van der Waals surface area contributed by atoms with Crippen LogP contribution in [0.15, 0.2) is 67.1 Å². The summed E-state index contributed by atoms with van der Waals surface area (Å²) in [5.41, 5.74) is 3.00. The zero-order valence-corrected chi connectivity index (χ0v) is 16.2. The van der Waals surface area contributed by atoms with E-state index in [2.05, 4.69) is 20.5 Å². The van der Waals surface area contributed by atoms with Crippen LogP contribution in [0.3, 0.4) is 0 Å². The quantitative estimate of drug-likeness (QED) is 0.468. The van der Waals surface area contributed by atoms with Crippen molar-refractivity contribution >= 4 is 22.4 Å². The molecular formula is C22H17F2N7. The van der Waals surface area contributed by atoms with Crippen LogP contribution in [0.5, 0.6) is 0 Å². The Hall–Kier alpha value is -3.88. The summed E-state index contributed by atoms with van der Waals surface area (Å²) < 4.78 is 30.8. The maximum absolute atomic E-state index is 13.9. The van der Waals surface area contributed by atoms with Gasteiger partial charge in [-0.15, -0.1) is 5.10 Å². The Balaban J connectivity index is 1.49. The third-order valence-electron chi connectivity index (χ3n) is 5.71. The number of hydrogen-bond acceptors (Lipinski definition) is 5. The molecule has 1 N–H and O–H groups in total. The largest absolute Gasteiger partial charge is 0.363 e. The van der Waals surface area contributed by atoms with E-state index in [1.54, 1.807) is 17.0 Å². The molecule has 1 aliphatic rings. The van der Waals surface area contributed by atoms with E-state index in [1.165, 1.54) is 4.68 Å². The van der Waals surface area contributed by atoms with Gasteiger partial charge in [-0.25, -0.2) is 27.9 Å². The van der Waals surface area contributed by atoms with Crippen molar-refractivity contribution in [1.82, 2.24) is 29.4 Å². The molecule has 0 aliphatic carbocycles. The highest BCUT2D eigenvalue weighted by Gasteiger charge is 2.36. The fraction of sp³-hybridized carbons (Fsp3) is 0.182. The lowest BCUT2D eigenvalue weighted by atomic mass is 9.97. The minimum absolute atomic E-state index is 0.239. The molecule has 0 bridgehead atoms. The summed E-state index contributed by atoms with van der Waals surface area (Å²) in [7, 11) is 0. The molecule has 3 aromatic heterocycles. The third-order valence-corrected chi connectivity index (χ3v) is 5.71. The highest BCUT2D eigenvalue weighted by Crippen LogP contribution is 2.41. The summed E-state index contributed by atoms with van der Waals surface area (Å²) in [6, 6.07) is 16.0. The number of anilines is 1. The molecule has 1 aliphatic heterocycles. The van der Waals surface area contributed by atoms with Crippen molar-refractivity contribution in [2.45, 2.75) is 24.9 Å². The first-order valence-corrected chi connectivity index (χ1v) is 9.96. The molecule has 5 aromatic rings. The molecule has 154 valence electrons. The maximum Gasteiger partial charge on any atom is 0.260 e. The van der Waals surface area contributed by atoms with Gasteiger partial charge in [0.25, 0.3) is 6.43 Å². The van der Waals surface area contributed by atoms with Gasteiger partial charge in [0.1, 0.15) is 18.2 Å². The molecule has 7 nitrogen and oxygen atoms in total. The number of para-hydroxylation sites is 1. The third kappa shape index (κ3) is 2.84. The summed E-state index contributed by atoms with van der Waals surface area (Å²) in [4.78, 5) is 9.09. The number of alkyl halides is 2. The predicted molar refractivity (Wildman–Crippen MR) is 112 cm³/mol. The maximum atomic E-state index is 13.9. The van der Waals surface area contributed by atoms with Crippen LogP contribution >= 0.6 is 0 Å². The predicted octanol–water partition coefficient (Wildman–Crippen LogP) is 4.50. The first kappa shape index (κ1) is 17.9. The van der Waals surface area contributed by atoms with Crippen LogP contribution in [0, 0.1) is 0 Å². The molecule has 0 fully saturated rings. The summed E-state index contributed by atoms with van der Waals surface area (Å²) >= 11 is 0. The van der Waals surface area contributed by atoms with Crippen molar-refractivity contribution in [2.24, 2.45) is 0 Å². The van der Waals surface area contributed by atoms with Crippen LogP contribution in [0.1, 0.15) is 24.1 Å². The van der Waals surface area contributed by atoms with E-state index in [-0.39, 0.29) is 12.5 Å². The van der Waals surface area contributed by atoms with Crippen LogP contribution in [-0.4, -0.2) is 35.8 Å². The van der Waals surface area contributed by atoms with Gasteiger partial charge in [0.15, 0.2) is 11.5 Å². The van der Waals surface area contributed by atoms with Crippen molar-refractivity contribution < 1.29 is 8.78 Å². The van der Waals surface area contributed by atoms with E-state index < -0.39 is 12.5 Å². The van der Waals surface area contributed by atoms with Crippen molar-refractivity contribution in [3.05, 3.63) is 72.7 Å². The minimum Gasteiger partial charge on any atom is -0.363 e. The van der Waals surface area contributed by atoms with Gasteiger partial charge in [0.05, 0.1) is 23.3 Å². The Kier molecular flexibility index (Phi) is 3.95. The first-order chi connectivity index (χ1) is 15.2. The highest BCUT2D eigenvalue weighted by molar-refractivity contribution is 5.91. The number of aromatic nitrogens is 6. The van der Waals surface area contributed by atoms with Crippen molar-refractivity contribution in [3.63, 3.8) is 0 Å². The number of halogens is 2. The van der Waals surface area contributed by atoms with E-state index in [9.17, 15) is 8.78 Å². The molecule has 0 spiro atoms. The Morgan fingerprint density at radius 2 is 1.84 bits per heavy atom. The van der Waals surface area contributed by atoms with Gasteiger partial charge in [0.2, 0.25) is 0 Å². The van der Waals surface area contributed by atoms with Crippen LogP contribution in [0.25, 0.3) is 27.9 Å². The van der Waals surface area contributed by atoms with Crippen molar-refractivity contribution in [3.8, 4) is 11.4 Å². The summed E-state index contributed by atoms with van der Waals surface area (Å²) in [6.07, 6.45) is 0.854. The molecule has 6 rings (SSSR count). The Morgan fingerprint density at radius 1 is 1.03 bits per heavy atom. The fourth-order valence-electron chi connectivity index (χ4n) is 4.19. The topological polar surface area (TPSA) is 72.9 Å². The van der Waals surface area contributed by atoms with E-state index >= 15 is 0 Å². The van der Waals surface area contributed by atoms with Gasteiger partial charge in [-0.3, -0.25) is 0 Å². The smallest absolute Gasteiger partial charge is 0.260 e. The molecule has 0 unspecified atom stereocenters. The molecule has 4 heterocycles. The number of rotatable bonds is 3. The van der Waals surface area contributed by atoms with Gasteiger partial charge in [-0.05, 0) is 24.1 Å². The normalized spacial score (nSPS) is 18.4. The first-order valence-electron chi connectivity index (χ1n) is 9.96.